The second-order valence-corrected chi connectivity index (χ2v) is 17.5. The number of carbonyl (C=O) groups excluding carboxylic acids is 1. The topological polar surface area (TPSA) is 75.6 Å². The summed E-state index contributed by atoms with van der Waals surface area (Å²) >= 11 is 0. The number of hydrogen-bond acceptors (Lipinski definition) is 3. The molecule has 0 spiro atoms. The standard InChI is InChI=1S/C43H75NO4/c1-5-6-7-8-9-10-11-12-13-14-15-16-17-18-19-20-31-44-41(47)48-35-27-29-42(3)34(32-35)22-23-36-38-25-24-37(33(2)21-26-40(45)46)43(38,4)30-28-39(36)42/h12-13,33-39H,5-11,14-32H2,1-4H3,(H,44,47)(H,45,46)/b13-12-/t33-,34?,35-,36?,37-,38?,39?,42+,43-/m1/s1. The number of carbonyl (C=O) groups is 2. The number of carboxylic acid groups (broad SMARTS) is 1. The van der Waals surface area contributed by atoms with Crippen LogP contribution in [0.3, 0.4) is 0 Å². The molecule has 0 aliphatic heterocycles. The van der Waals surface area contributed by atoms with Gasteiger partial charge in [-0.1, -0.05) is 97.6 Å². The van der Waals surface area contributed by atoms with Gasteiger partial charge in [-0.3, -0.25) is 4.79 Å². The fraction of sp³-hybridized carbons (Fsp3) is 0.907. The van der Waals surface area contributed by atoms with Crippen LogP contribution in [0, 0.1) is 46.3 Å². The molecule has 4 saturated carbocycles. The molecule has 48 heavy (non-hydrogen) atoms. The normalized spacial score (nSPS) is 33.5. The number of fused-ring (bicyclic) bond motifs is 5. The zero-order valence-corrected chi connectivity index (χ0v) is 31.8. The summed E-state index contributed by atoms with van der Waals surface area (Å²) in [6.07, 6.45) is 35.0. The first-order valence-electron chi connectivity index (χ1n) is 21.0. The lowest BCUT2D eigenvalue weighted by atomic mass is 9.44. The summed E-state index contributed by atoms with van der Waals surface area (Å²) in [5.41, 5.74) is 0.752. The number of amides is 1. The van der Waals surface area contributed by atoms with E-state index in [9.17, 15) is 14.7 Å². The Labute approximate surface area is 295 Å². The highest BCUT2D eigenvalue weighted by molar-refractivity contribution is 5.67. The Morgan fingerprint density at radius 2 is 1.42 bits per heavy atom. The van der Waals surface area contributed by atoms with E-state index < -0.39 is 5.97 Å². The molecule has 0 heterocycles. The van der Waals surface area contributed by atoms with Crippen molar-refractivity contribution in [3.05, 3.63) is 12.2 Å². The van der Waals surface area contributed by atoms with Gasteiger partial charge in [-0.2, -0.15) is 0 Å². The Morgan fingerprint density at radius 3 is 2.10 bits per heavy atom. The number of unbranched alkanes of at least 4 members (excludes halogenated alkanes) is 12. The van der Waals surface area contributed by atoms with Crippen LogP contribution >= 0.6 is 0 Å². The number of aliphatic carboxylic acids is 1. The maximum absolute atomic E-state index is 12.7. The van der Waals surface area contributed by atoms with Gasteiger partial charge >= 0.3 is 12.1 Å². The second kappa shape index (κ2) is 19.8. The van der Waals surface area contributed by atoms with Crippen LogP contribution in [-0.2, 0) is 9.53 Å². The van der Waals surface area contributed by atoms with Crippen molar-refractivity contribution in [2.24, 2.45) is 46.3 Å². The Kier molecular flexibility index (Phi) is 16.2. The number of hydrogen-bond donors (Lipinski definition) is 2. The van der Waals surface area contributed by atoms with Crippen LogP contribution in [0.1, 0.15) is 188 Å². The number of alkyl carbamates (subject to hydrolysis) is 1. The van der Waals surface area contributed by atoms with Crippen molar-refractivity contribution < 1.29 is 19.4 Å². The van der Waals surface area contributed by atoms with E-state index in [1.165, 1.54) is 128 Å². The zero-order chi connectivity index (χ0) is 34.4. The molecule has 2 N–H and O–H groups in total. The summed E-state index contributed by atoms with van der Waals surface area (Å²) in [7, 11) is 0. The summed E-state index contributed by atoms with van der Waals surface area (Å²) in [5, 5.41) is 12.3. The SMILES string of the molecule is CCCCCCCC/C=C\CCCCCCCCNC(=O)O[C@@H]1CC[C@@]2(C)C(CCC3C2CC[C@@]2(C)C3CC[C@@H]2[C@H](C)CCC(=O)O)C1. The van der Waals surface area contributed by atoms with E-state index in [1.54, 1.807) is 0 Å². The molecule has 4 fully saturated rings. The van der Waals surface area contributed by atoms with Gasteiger partial charge in [0.05, 0.1) is 0 Å². The molecule has 1 amide bonds. The molecule has 0 radical (unpaired) electrons. The average Bonchev–Trinajstić information content (AvgIpc) is 3.42. The smallest absolute Gasteiger partial charge is 0.407 e. The van der Waals surface area contributed by atoms with Crippen molar-refractivity contribution in [1.82, 2.24) is 5.32 Å². The van der Waals surface area contributed by atoms with Crippen molar-refractivity contribution in [1.29, 1.82) is 0 Å². The lowest BCUT2D eigenvalue weighted by molar-refractivity contribution is -0.138. The molecule has 0 aromatic carbocycles. The van der Waals surface area contributed by atoms with Gasteiger partial charge in [-0.15, -0.1) is 0 Å². The third-order valence-electron chi connectivity index (χ3n) is 14.4. The number of nitrogens with one attached hydrogen (secondary N) is 1. The third kappa shape index (κ3) is 10.7. The minimum Gasteiger partial charge on any atom is -0.481 e. The lowest BCUT2D eigenvalue weighted by Gasteiger charge is -2.61. The summed E-state index contributed by atoms with van der Waals surface area (Å²) in [6.45, 7) is 10.5. The van der Waals surface area contributed by atoms with E-state index in [4.69, 9.17) is 4.74 Å². The summed E-state index contributed by atoms with van der Waals surface area (Å²) in [5.74, 6) is 3.60. The molecule has 4 unspecified atom stereocenters. The van der Waals surface area contributed by atoms with E-state index in [0.29, 0.717) is 35.0 Å². The monoisotopic (exact) mass is 670 g/mol. The molecule has 4 rings (SSSR count). The molecule has 276 valence electrons. The predicted molar refractivity (Wildman–Crippen MR) is 199 cm³/mol. The molecule has 9 atom stereocenters. The van der Waals surface area contributed by atoms with Gasteiger partial charge in [0.25, 0.3) is 0 Å². The van der Waals surface area contributed by atoms with Gasteiger partial charge in [-0.05, 0) is 143 Å². The minimum atomic E-state index is -0.651. The fourth-order valence-electron chi connectivity index (χ4n) is 11.6. The van der Waals surface area contributed by atoms with Crippen LogP contribution in [0.15, 0.2) is 12.2 Å². The van der Waals surface area contributed by atoms with E-state index in [2.05, 4.69) is 45.2 Å². The lowest BCUT2D eigenvalue weighted by Crippen LogP contribution is -2.54. The Morgan fingerprint density at radius 1 is 0.792 bits per heavy atom. The van der Waals surface area contributed by atoms with E-state index in [-0.39, 0.29) is 12.2 Å². The summed E-state index contributed by atoms with van der Waals surface area (Å²) in [6, 6.07) is 0. The van der Waals surface area contributed by atoms with Gasteiger partial charge < -0.3 is 15.2 Å². The van der Waals surface area contributed by atoms with Gasteiger partial charge in [0, 0.05) is 13.0 Å². The van der Waals surface area contributed by atoms with Crippen LogP contribution in [0.4, 0.5) is 4.79 Å². The highest BCUT2D eigenvalue weighted by Gasteiger charge is 2.60. The molecule has 0 bridgehead atoms. The van der Waals surface area contributed by atoms with E-state index >= 15 is 0 Å². The van der Waals surface area contributed by atoms with Crippen molar-refractivity contribution in [3.8, 4) is 0 Å². The summed E-state index contributed by atoms with van der Waals surface area (Å²) < 4.78 is 6.02. The van der Waals surface area contributed by atoms with Crippen LogP contribution in [0.5, 0.6) is 0 Å². The molecule has 0 aromatic rings. The zero-order valence-electron chi connectivity index (χ0n) is 31.8. The second-order valence-electron chi connectivity index (χ2n) is 17.5. The molecule has 4 aliphatic carbocycles. The number of rotatable bonds is 21. The fourth-order valence-corrected chi connectivity index (χ4v) is 11.6. The first kappa shape index (κ1) is 39.3. The van der Waals surface area contributed by atoms with Gasteiger partial charge in [-0.25, -0.2) is 4.79 Å². The minimum absolute atomic E-state index is 0.0688. The van der Waals surface area contributed by atoms with Gasteiger partial charge in [0.1, 0.15) is 6.10 Å². The van der Waals surface area contributed by atoms with Crippen molar-refractivity contribution >= 4 is 12.1 Å². The van der Waals surface area contributed by atoms with Crippen molar-refractivity contribution in [2.75, 3.05) is 6.54 Å². The predicted octanol–water partition coefficient (Wildman–Crippen LogP) is 12.3. The van der Waals surface area contributed by atoms with Crippen LogP contribution in [-0.4, -0.2) is 29.8 Å². The highest BCUT2D eigenvalue weighted by Crippen LogP contribution is 2.68. The molecule has 5 nitrogen and oxygen atoms in total. The molecule has 4 aliphatic rings. The van der Waals surface area contributed by atoms with E-state index in [0.717, 1.165) is 50.0 Å². The molecular weight excluding hydrogens is 594 g/mol. The number of allylic oxidation sites excluding steroid dienone is 2. The van der Waals surface area contributed by atoms with Crippen LogP contribution < -0.4 is 5.32 Å². The maximum Gasteiger partial charge on any atom is 0.407 e. The van der Waals surface area contributed by atoms with Crippen LogP contribution in [0.25, 0.3) is 0 Å². The van der Waals surface area contributed by atoms with Gasteiger partial charge in [0.15, 0.2) is 0 Å². The van der Waals surface area contributed by atoms with Crippen LogP contribution in [0.2, 0.25) is 0 Å². The Balaban J connectivity index is 1.06. The van der Waals surface area contributed by atoms with Gasteiger partial charge in [0.2, 0.25) is 0 Å². The first-order chi connectivity index (χ1) is 23.2. The Bertz CT molecular complexity index is 995. The first-order valence-corrected chi connectivity index (χ1v) is 21.0. The van der Waals surface area contributed by atoms with Crippen molar-refractivity contribution in [2.45, 2.75) is 194 Å². The molecule has 0 aromatic heterocycles. The maximum atomic E-state index is 12.7. The summed E-state index contributed by atoms with van der Waals surface area (Å²) in [4.78, 5) is 23.9. The largest absolute Gasteiger partial charge is 0.481 e. The Hall–Kier alpha value is -1.52. The highest BCUT2D eigenvalue weighted by atomic mass is 16.6. The average molecular weight is 670 g/mol. The quantitative estimate of drug-likeness (QED) is 0.0942. The van der Waals surface area contributed by atoms with Crippen molar-refractivity contribution in [3.63, 3.8) is 0 Å². The molecular formula is C43H75NO4. The third-order valence-corrected chi connectivity index (χ3v) is 14.4. The van der Waals surface area contributed by atoms with E-state index in [1.807, 2.05) is 0 Å². The number of carboxylic acids is 1. The molecule has 0 saturated heterocycles. The molecule has 5 heteroatoms. The number of ether oxygens (including phenoxy) is 1.